The Labute approximate surface area is 84.3 Å². The van der Waals surface area contributed by atoms with Gasteiger partial charge in [-0.3, -0.25) is 4.79 Å². The van der Waals surface area contributed by atoms with Crippen molar-refractivity contribution < 1.29 is 22.7 Å². The van der Waals surface area contributed by atoms with Gasteiger partial charge in [-0.15, -0.1) is 0 Å². The highest BCUT2D eigenvalue weighted by Gasteiger charge is 2.11. The predicted octanol–water partition coefficient (Wildman–Crippen LogP) is 0.000800. The zero-order chi connectivity index (χ0) is 11.0. The second-order valence-corrected chi connectivity index (χ2v) is 5.13. The van der Waals surface area contributed by atoms with Crippen LogP contribution >= 0.6 is 0 Å². The average Bonchev–Trinajstić information content (AvgIpc) is 2.14. The molecule has 84 valence electrons. The molecule has 14 heavy (non-hydrogen) atoms. The smallest absolute Gasteiger partial charge is 0.305 e. The second kappa shape index (κ2) is 6.78. The third-order valence-electron chi connectivity index (χ3n) is 1.66. The summed E-state index contributed by atoms with van der Waals surface area (Å²) in [5.41, 5.74) is 0. The van der Waals surface area contributed by atoms with Crippen molar-refractivity contribution in [2.75, 3.05) is 32.3 Å². The molecule has 0 aliphatic heterocycles. The summed E-state index contributed by atoms with van der Waals surface area (Å²) in [6, 6.07) is 0. The van der Waals surface area contributed by atoms with Gasteiger partial charge in [-0.1, -0.05) is 0 Å². The maximum atomic E-state index is 11.2. The third kappa shape index (κ3) is 6.85. The summed E-state index contributed by atoms with van der Waals surface area (Å²) in [5.74, 6) is -0.372. The molecular weight excluding hydrogens is 208 g/mol. The van der Waals surface area contributed by atoms with E-state index in [0.717, 1.165) is 0 Å². The first kappa shape index (κ1) is 13.4. The summed E-state index contributed by atoms with van der Waals surface area (Å²) in [4.78, 5) is 10.7. The fourth-order valence-electron chi connectivity index (χ4n) is 0.851. The van der Waals surface area contributed by atoms with Gasteiger partial charge < -0.3 is 9.47 Å². The standard InChI is InChI=1S/C8H16O5S/c1-12-5-7-14(10,11)6-3-4-8(9)13-2/h3-7H2,1-2H3. The molecule has 0 N–H and O–H groups in total. The van der Waals surface area contributed by atoms with Crippen LogP contribution in [0.15, 0.2) is 0 Å². The zero-order valence-corrected chi connectivity index (χ0v) is 9.30. The number of rotatable bonds is 7. The molecule has 0 spiro atoms. The molecule has 0 aromatic rings. The van der Waals surface area contributed by atoms with Crippen LogP contribution in [-0.4, -0.2) is 46.7 Å². The minimum absolute atomic E-state index is 0.00464. The monoisotopic (exact) mass is 224 g/mol. The SMILES string of the molecule is COCCS(=O)(=O)CCCC(=O)OC. The number of sulfone groups is 1. The second-order valence-electron chi connectivity index (χ2n) is 2.82. The van der Waals surface area contributed by atoms with Crippen LogP contribution in [0.4, 0.5) is 0 Å². The van der Waals surface area contributed by atoms with Crippen molar-refractivity contribution in [3.8, 4) is 0 Å². The van der Waals surface area contributed by atoms with Crippen molar-refractivity contribution in [1.82, 2.24) is 0 Å². The minimum atomic E-state index is -3.08. The molecule has 0 amide bonds. The van der Waals surface area contributed by atoms with Crippen LogP contribution in [0.1, 0.15) is 12.8 Å². The number of hydrogen-bond acceptors (Lipinski definition) is 5. The molecule has 0 aromatic heterocycles. The van der Waals surface area contributed by atoms with E-state index in [9.17, 15) is 13.2 Å². The van der Waals surface area contributed by atoms with Crippen LogP contribution in [0.5, 0.6) is 0 Å². The van der Waals surface area contributed by atoms with Gasteiger partial charge in [-0.2, -0.15) is 0 Å². The van der Waals surface area contributed by atoms with E-state index in [4.69, 9.17) is 0 Å². The first-order valence-corrected chi connectivity index (χ1v) is 6.10. The van der Waals surface area contributed by atoms with Crippen molar-refractivity contribution in [2.45, 2.75) is 12.8 Å². The van der Waals surface area contributed by atoms with E-state index in [0.29, 0.717) is 6.42 Å². The summed E-state index contributed by atoms with van der Waals surface area (Å²) in [7, 11) is -0.352. The van der Waals surface area contributed by atoms with Gasteiger partial charge in [0.15, 0.2) is 9.84 Å². The largest absolute Gasteiger partial charge is 0.469 e. The van der Waals surface area contributed by atoms with Gasteiger partial charge in [0.2, 0.25) is 0 Å². The van der Waals surface area contributed by atoms with E-state index in [1.807, 2.05) is 0 Å². The van der Waals surface area contributed by atoms with Crippen LogP contribution in [-0.2, 0) is 24.1 Å². The zero-order valence-electron chi connectivity index (χ0n) is 8.49. The van der Waals surface area contributed by atoms with Gasteiger partial charge in [0.1, 0.15) is 0 Å². The topological polar surface area (TPSA) is 69.7 Å². The Morgan fingerprint density at radius 1 is 1.21 bits per heavy atom. The minimum Gasteiger partial charge on any atom is -0.469 e. The molecule has 0 bridgehead atoms. The summed E-state index contributed by atoms with van der Waals surface area (Å²) in [6.07, 6.45) is 0.446. The van der Waals surface area contributed by atoms with Gasteiger partial charge in [-0.25, -0.2) is 8.42 Å². The number of methoxy groups -OCH3 is 2. The normalized spacial score (nSPS) is 11.3. The Bertz CT molecular complexity index is 257. The van der Waals surface area contributed by atoms with Gasteiger partial charge in [0.05, 0.1) is 25.2 Å². The summed E-state index contributed by atoms with van der Waals surface area (Å²) < 4.78 is 31.5. The van der Waals surface area contributed by atoms with Crippen molar-refractivity contribution in [2.24, 2.45) is 0 Å². The molecule has 0 radical (unpaired) electrons. The molecule has 0 aliphatic rings. The average molecular weight is 224 g/mol. The molecule has 0 heterocycles. The van der Waals surface area contributed by atoms with E-state index >= 15 is 0 Å². The number of esters is 1. The highest BCUT2D eigenvalue weighted by molar-refractivity contribution is 7.91. The lowest BCUT2D eigenvalue weighted by atomic mass is 10.3. The predicted molar refractivity (Wildman–Crippen MR) is 51.8 cm³/mol. The fourth-order valence-corrected chi connectivity index (χ4v) is 2.06. The highest BCUT2D eigenvalue weighted by atomic mass is 32.2. The van der Waals surface area contributed by atoms with Gasteiger partial charge >= 0.3 is 5.97 Å². The Morgan fingerprint density at radius 3 is 2.36 bits per heavy atom. The molecule has 6 heteroatoms. The summed E-state index contributed by atoms with van der Waals surface area (Å²) in [5, 5.41) is 0. The Morgan fingerprint density at radius 2 is 1.86 bits per heavy atom. The van der Waals surface area contributed by atoms with Crippen LogP contribution in [0, 0.1) is 0 Å². The lowest BCUT2D eigenvalue weighted by molar-refractivity contribution is -0.140. The molecule has 0 atom stereocenters. The number of ether oxygens (including phenoxy) is 2. The number of carbonyl (C=O) groups is 1. The first-order chi connectivity index (χ1) is 6.52. The molecule has 0 aromatic carbocycles. The van der Waals surface area contributed by atoms with E-state index in [1.54, 1.807) is 0 Å². The molecule has 0 aliphatic carbocycles. The Hall–Kier alpha value is -0.620. The molecule has 0 saturated carbocycles. The Kier molecular flexibility index (Phi) is 6.48. The van der Waals surface area contributed by atoms with E-state index < -0.39 is 9.84 Å². The van der Waals surface area contributed by atoms with E-state index in [1.165, 1.54) is 14.2 Å². The van der Waals surface area contributed by atoms with Crippen LogP contribution in [0.25, 0.3) is 0 Å². The van der Waals surface area contributed by atoms with Crippen molar-refractivity contribution in [3.05, 3.63) is 0 Å². The van der Waals surface area contributed by atoms with Crippen LogP contribution in [0.2, 0.25) is 0 Å². The van der Waals surface area contributed by atoms with E-state index in [-0.39, 0.29) is 30.5 Å². The molecule has 0 unspecified atom stereocenters. The fraction of sp³-hybridized carbons (Fsp3) is 0.875. The third-order valence-corrected chi connectivity index (χ3v) is 3.36. The summed E-state index contributed by atoms with van der Waals surface area (Å²) in [6.45, 7) is 0.195. The lowest BCUT2D eigenvalue weighted by Gasteiger charge is -2.02. The molecule has 0 rings (SSSR count). The first-order valence-electron chi connectivity index (χ1n) is 4.28. The number of hydrogen-bond donors (Lipinski definition) is 0. The molecular formula is C8H16O5S. The highest BCUT2D eigenvalue weighted by Crippen LogP contribution is 1.99. The van der Waals surface area contributed by atoms with Gasteiger partial charge in [0, 0.05) is 13.5 Å². The maximum absolute atomic E-state index is 11.2. The lowest BCUT2D eigenvalue weighted by Crippen LogP contribution is -2.16. The number of carbonyl (C=O) groups excluding carboxylic acids is 1. The molecule has 0 saturated heterocycles. The van der Waals surface area contributed by atoms with Gasteiger partial charge in [-0.05, 0) is 6.42 Å². The summed E-state index contributed by atoms with van der Waals surface area (Å²) >= 11 is 0. The van der Waals surface area contributed by atoms with Crippen molar-refractivity contribution in [3.63, 3.8) is 0 Å². The van der Waals surface area contributed by atoms with Crippen LogP contribution < -0.4 is 0 Å². The van der Waals surface area contributed by atoms with Gasteiger partial charge in [0.25, 0.3) is 0 Å². The molecule has 5 nitrogen and oxygen atoms in total. The van der Waals surface area contributed by atoms with E-state index in [2.05, 4.69) is 9.47 Å². The van der Waals surface area contributed by atoms with Crippen molar-refractivity contribution >= 4 is 15.8 Å². The Balaban J connectivity index is 3.71. The maximum Gasteiger partial charge on any atom is 0.305 e. The quantitative estimate of drug-likeness (QED) is 0.569. The van der Waals surface area contributed by atoms with Crippen molar-refractivity contribution in [1.29, 1.82) is 0 Å². The van der Waals surface area contributed by atoms with Crippen LogP contribution in [0.3, 0.4) is 0 Å². The molecule has 0 fully saturated rings.